The molecule has 25 heavy (non-hydrogen) atoms. The predicted octanol–water partition coefficient (Wildman–Crippen LogP) is 2.16. The number of hydrogen-bond donors (Lipinski definition) is 0. The highest BCUT2D eigenvalue weighted by atomic mass is 16.4. The van der Waals surface area contributed by atoms with E-state index in [4.69, 9.17) is 4.42 Å². The first-order chi connectivity index (χ1) is 12.3. The molecule has 7 heteroatoms. The molecule has 0 bridgehead atoms. The summed E-state index contributed by atoms with van der Waals surface area (Å²) in [6.07, 6.45) is 0. The molecule has 4 rings (SSSR count). The van der Waals surface area contributed by atoms with Gasteiger partial charge in [0.1, 0.15) is 0 Å². The topological polar surface area (TPSA) is 71.2 Å². The number of hydrogen-bond acceptors (Lipinski definition) is 7. The average Bonchev–Trinajstić information content (AvgIpc) is 3.08. The molecule has 0 aliphatic carbocycles. The van der Waals surface area contributed by atoms with E-state index in [2.05, 4.69) is 30.2 Å². The van der Waals surface area contributed by atoms with Gasteiger partial charge in [0.2, 0.25) is 11.8 Å². The maximum Gasteiger partial charge on any atom is 0.230 e. The molecule has 1 aliphatic rings. The fraction of sp³-hybridized carbons (Fsp3) is 0.333. The third-order valence-electron chi connectivity index (χ3n) is 4.34. The van der Waals surface area contributed by atoms with Gasteiger partial charge in [-0.15, -0.1) is 20.4 Å². The monoisotopic (exact) mass is 336 g/mol. The van der Waals surface area contributed by atoms with E-state index in [0.717, 1.165) is 43.3 Å². The van der Waals surface area contributed by atoms with Crippen molar-refractivity contribution in [3.05, 3.63) is 54.2 Å². The van der Waals surface area contributed by atoms with Gasteiger partial charge in [-0.1, -0.05) is 30.3 Å². The summed E-state index contributed by atoms with van der Waals surface area (Å²) in [6, 6.07) is 14.2. The molecule has 1 aromatic carbocycles. The molecule has 0 atom stereocenters. The third-order valence-corrected chi connectivity index (χ3v) is 4.34. The molecule has 128 valence electrons. The van der Waals surface area contributed by atoms with Crippen LogP contribution in [0.3, 0.4) is 0 Å². The van der Waals surface area contributed by atoms with Crippen molar-refractivity contribution in [3.8, 4) is 11.3 Å². The Hall–Kier alpha value is -2.80. The van der Waals surface area contributed by atoms with E-state index in [0.29, 0.717) is 18.3 Å². The summed E-state index contributed by atoms with van der Waals surface area (Å²) >= 11 is 0. The van der Waals surface area contributed by atoms with E-state index >= 15 is 0 Å². The lowest BCUT2D eigenvalue weighted by atomic mass is 10.1. The molecule has 0 spiro atoms. The molecule has 7 nitrogen and oxygen atoms in total. The molecular weight excluding hydrogens is 316 g/mol. The summed E-state index contributed by atoms with van der Waals surface area (Å²) < 4.78 is 5.45. The highest BCUT2D eigenvalue weighted by molar-refractivity contribution is 5.59. The SMILES string of the molecule is Cc1nnc(CN2CCN(c3ccc(-c4ccccc4)nn3)CC2)o1. The molecular formula is C18H20N6O. The van der Waals surface area contributed by atoms with E-state index in [1.165, 1.54) is 0 Å². The van der Waals surface area contributed by atoms with Crippen molar-refractivity contribution >= 4 is 5.82 Å². The molecule has 3 aromatic rings. The standard InChI is InChI=1S/C18H20N6O/c1-14-19-22-18(25-14)13-23-9-11-24(12-10-23)17-8-7-16(20-21-17)15-5-3-2-4-6-15/h2-8H,9-13H2,1H3. The lowest BCUT2D eigenvalue weighted by Gasteiger charge is -2.34. The van der Waals surface area contributed by atoms with E-state index in [1.807, 2.05) is 49.4 Å². The first-order valence-corrected chi connectivity index (χ1v) is 8.43. The maximum atomic E-state index is 5.45. The van der Waals surface area contributed by atoms with Crippen LogP contribution in [0, 0.1) is 6.92 Å². The second kappa shape index (κ2) is 6.98. The van der Waals surface area contributed by atoms with Gasteiger partial charge in [0.25, 0.3) is 0 Å². The second-order valence-electron chi connectivity index (χ2n) is 6.12. The van der Waals surface area contributed by atoms with Crippen molar-refractivity contribution in [2.75, 3.05) is 31.1 Å². The summed E-state index contributed by atoms with van der Waals surface area (Å²) in [5.41, 5.74) is 1.98. The van der Waals surface area contributed by atoms with Crippen LogP contribution >= 0.6 is 0 Å². The Morgan fingerprint density at radius 3 is 2.32 bits per heavy atom. The highest BCUT2D eigenvalue weighted by Crippen LogP contribution is 2.19. The van der Waals surface area contributed by atoms with Gasteiger partial charge in [-0.2, -0.15) is 0 Å². The Labute approximate surface area is 146 Å². The minimum atomic E-state index is 0.613. The van der Waals surface area contributed by atoms with E-state index in [-0.39, 0.29) is 0 Å². The smallest absolute Gasteiger partial charge is 0.230 e. The molecule has 0 N–H and O–H groups in total. The van der Waals surface area contributed by atoms with Crippen LogP contribution in [0.4, 0.5) is 5.82 Å². The molecule has 2 aromatic heterocycles. The van der Waals surface area contributed by atoms with Gasteiger partial charge in [0.15, 0.2) is 5.82 Å². The maximum absolute atomic E-state index is 5.45. The minimum Gasteiger partial charge on any atom is -0.424 e. The van der Waals surface area contributed by atoms with Crippen LogP contribution in [-0.2, 0) is 6.54 Å². The lowest BCUT2D eigenvalue weighted by molar-refractivity contribution is 0.224. The number of aryl methyl sites for hydroxylation is 1. The van der Waals surface area contributed by atoms with Crippen LogP contribution < -0.4 is 4.90 Å². The molecule has 1 fully saturated rings. The van der Waals surface area contributed by atoms with Gasteiger partial charge in [-0.25, -0.2) is 0 Å². The van der Waals surface area contributed by atoms with Gasteiger partial charge in [-0.05, 0) is 12.1 Å². The zero-order valence-electron chi connectivity index (χ0n) is 14.2. The molecule has 1 saturated heterocycles. The van der Waals surface area contributed by atoms with Crippen LogP contribution in [0.2, 0.25) is 0 Å². The van der Waals surface area contributed by atoms with Gasteiger partial charge < -0.3 is 9.32 Å². The van der Waals surface area contributed by atoms with Crippen LogP contribution in [0.15, 0.2) is 46.9 Å². The van der Waals surface area contributed by atoms with E-state index < -0.39 is 0 Å². The van der Waals surface area contributed by atoms with E-state index in [9.17, 15) is 0 Å². The Bertz CT molecular complexity index is 809. The minimum absolute atomic E-state index is 0.613. The molecule has 0 saturated carbocycles. The largest absolute Gasteiger partial charge is 0.424 e. The Morgan fingerprint density at radius 1 is 0.880 bits per heavy atom. The Kier molecular flexibility index (Phi) is 4.39. The molecule has 3 heterocycles. The summed E-state index contributed by atoms with van der Waals surface area (Å²) in [6.45, 7) is 6.20. The van der Waals surface area contributed by atoms with Gasteiger partial charge in [0.05, 0.1) is 12.2 Å². The van der Waals surface area contributed by atoms with Gasteiger partial charge >= 0.3 is 0 Å². The number of benzene rings is 1. The summed E-state index contributed by atoms with van der Waals surface area (Å²) in [5, 5.41) is 16.7. The molecule has 1 aliphatic heterocycles. The van der Waals surface area contributed by atoms with Crippen molar-refractivity contribution in [3.63, 3.8) is 0 Å². The second-order valence-corrected chi connectivity index (χ2v) is 6.12. The fourth-order valence-electron chi connectivity index (χ4n) is 2.98. The van der Waals surface area contributed by atoms with Crippen molar-refractivity contribution in [2.45, 2.75) is 13.5 Å². The zero-order chi connectivity index (χ0) is 17.1. The lowest BCUT2D eigenvalue weighted by Crippen LogP contribution is -2.46. The van der Waals surface area contributed by atoms with Gasteiger partial charge in [0, 0.05) is 38.7 Å². The normalized spacial score (nSPS) is 15.5. The molecule has 0 radical (unpaired) electrons. The molecule has 0 unspecified atom stereocenters. The summed E-state index contributed by atoms with van der Waals surface area (Å²) in [5.74, 6) is 2.22. The highest BCUT2D eigenvalue weighted by Gasteiger charge is 2.20. The van der Waals surface area contributed by atoms with E-state index in [1.54, 1.807) is 0 Å². The first kappa shape index (κ1) is 15.7. The van der Waals surface area contributed by atoms with Gasteiger partial charge in [-0.3, -0.25) is 4.90 Å². The third kappa shape index (κ3) is 3.66. The van der Waals surface area contributed by atoms with Crippen molar-refractivity contribution in [1.29, 1.82) is 0 Å². The zero-order valence-corrected chi connectivity index (χ0v) is 14.2. The van der Waals surface area contributed by atoms with Crippen molar-refractivity contribution in [1.82, 2.24) is 25.3 Å². The Balaban J connectivity index is 1.36. The fourth-order valence-corrected chi connectivity index (χ4v) is 2.98. The quantitative estimate of drug-likeness (QED) is 0.723. The van der Waals surface area contributed by atoms with Crippen molar-refractivity contribution in [2.24, 2.45) is 0 Å². The predicted molar refractivity (Wildman–Crippen MR) is 94.0 cm³/mol. The first-order valence-electron chi connectivity index (χ1n) is 8.43. The summed E-state index contributed by atoms with van der Waals surface area (Å²) in [7, 11) is 0. The van der Waals surface area contributed by atoms with Crippen LogP contribution in [-0.4, -0.2) is 51.5 Å². The summed E-state index contributed by atoms with van der Waals surface area (Å²) in [4.78, 5) is 4.58. The molecule has 0 amide bonds. The number of anilines is 1. The van der Waals surface area contributed by atoms with Crippen LogP contribution in [0.5, 0.6) is 0 Å². The van der Waals surface area contributed by atoms with Crippen LogP contribution in [0.25, 0.3) is 11.3 Å². The number of nitrogens with zero attached hydrogens (tertiary/aromatic N) is 6. The van der Waals surface area contributed by atoms with Crippen LogP contribution in [0.1, 0.15) is 11.8 Å². The average molecular weight is 336 g/mol. The Morgan fingerprint density at radius 2 is 1.68 bits per heavy atom. The number of rotatable bonds is 4. The van der Waals surface area contributed by atoms with Crippen molar-refractivity contribution < 1.29 is 4.42 Å². The number of piperazine rings is 1. The number of aromatic nitrogens is 4.